The average molecular weight is 440 g/mol. The Morgan fingerprint density at radius 3 is 2.37 bits per heavy atom. The van der Waals surface area contributed by atoms with E-state index in [0.29, 0.717) is 16.6 Å². The molecule has 0 spiro atoms. The number of anilines is 1. The molecule has 0 unspecified atom stereocenters. The van der Waals surface area contributed by atoms with Gasteiger partial charge in [0.25, 0.3) is 0 Å². The van der Waals surface area contributed by atoms with Crippen molar-refractivity contribution < 1.29 is 0 Å². The summed E-state index contributed by atoms with van der Waals surface area (Å²) in [4.78, 5) is 9.01. The third-order valence-electron chi connectivity index (χ3n) is 3.58. The monoisotopic (exact) mass is 439 g/mol. The molecule has 2 aromatic carbocycles. The van der Waals surface area contributed by atoms with Crippen molar-refractivity contribution in [3.63, 3.8) is 0 Å². The van der Waals surface area contributed by atoms with Gasteiger partial charge >= 0.3 is 0 Å². The van der Waals surface area contributed by atoms with Gasteiger partial charge in [0.05, 0.1) is 5.69 Å². The number of amidine groups is 1. The number of aryl methyl sites for hydroxylation is 1. The molecule has 1 aromatic heterocycles. The van der Waals surface area contributed by atoms with Gasteiger partial charge in [0.15, 0.2) is 10.9 Å². The number of hydrogen-bond acceptors (Lipinski definition) is 3. The molecule has 5 nitrogen and oxygen atoms in total. The summed E-state index contributed by atoms with van der Waals surface area (Å²) in [5.74, 6) is 0.569. The molecule has 27 heavy (non-hydrogen) atoms. The lowest BCUT2D eigenvalue weighted by Crippen LogP contribution is -2.44. The Morgan fingerprint density at radius 1 is 0.963 bits per heavy atom. The number of pyridine rings is 1. The van der Waals surface area contributed by atoms with Crippen LogP contribution in [-0.2, 0) is 0 Å². The van der Waals surface area contributed by atoms with Gasteiger partial charge in [-0.25, -0.2) is 4.99 Å². The fourth-order valence-corrected chi connectivity index (χ4v) is 2.65. The molecule has 0 saturated heterocycles. The van der Waals surface area contributed by atoms with Gasteiger partial charge in [0, 0.05) is 16.4 Å². The minimum Gasteiger partial charge on any atom is -0.331 e. The van der Waals surface area contributed by atoms with Crippen molar-refractivity contribution in [3.05, 3.63) is 88.7 Å². The highest BCUT2D eigenvalue weighted by atomic mass is 79.9. The molecule has 1 heterocycles. The van der Waals surface area contributed by atoms with E-state index < -0.39 is 0 Å². The maximum Gasteiger partial charge on any atom is 0.189 e. The topological polar surface area (TPSA) is 61.3 Å². The summed E-state index contributed by atoms with van der Waals surface area (Å²) in [6.45, 7) is 2.04. The number of thiocarbonyl (C=S) groups is 1. The Bertz CT molecular complexity index is 925. The number of rotatable bonds is 3. The van der Waals surface area contributed by atoms with E-state index >= 15 is 0 Å². The Morgan fingerprint density at radius 2 is 1.70 bits per heavy atom. The first kappa shape index (κ1) is 19.0. The molecule has 0 aliphatic heterocycles. The number of nitrogens with zero attached hydrogens (tertiary/aromatic N) is 2. The third kappa shape index (κ3) is 5.87. The largest absolute Gasteiger partial charge is 0.331 e. The SMILES string of the molecule is Cc1ccc(N=C(NNC(=S)Nc2ccc(Br)cc2)c2ccccn2)cc1. The number of benzene rings is 2. The first-order chi connectivity index (χ1) is 13.1. The van der Waals surface area contributed by atoms with Crippen LogP contribution in [0.5, 0.6) is 0 Å². The van der Waals surface area contributed by atoms with Gasteiger partial charge < -0.3 is 5.32 Å². The molecule has 7 heteroatoms. The molecule has 0 radical (unpaired) electrons. The van der Waals surface area contributed by atoms with Gasteiger partial charge in [-0.2, -0.15) is 0 Å². The van der Waals surface area contributed by atoms with E-state index in [9.17, 15) is 0 Å². The van der Waals surface area contributed by atoms with Crippen LogP contribution in [0.2, 0.25) is 0 Å². The Kier molecular flexibility index (Phi) is 6.51. The van der Waals surface area contributed by atoms with E-state index in [1.54, 1.807) is 6.20 Å². The van der Waals surface area contributed by atoms with E-state index in [2.05, 4.69) is 42.1 Å². The Labute approximate surface area is 172 Å². The summed E-state index contributed by atoms with van der Waals surface area (Å²) >= 11 is 8.76. The number of hydrogen-bond donors (Lipinski definition) is 3. The standard InChI is InChI=1S/C20H18BrN5S/c1-14-5-9-16(10-6-14)23-19(18-4-2-3-13-22-18)25-26-20(27)24-17-11-7-15(21)8-12-17/h2-13H,1H3,(H,23,25)(H2,24,26,27). The first-order valence-electron chi connectivity index (χ1n) is 8.25. The van der Waals surface area contributed by atoms with Crippen LogP contribution < -0.4 is 16.2 Å². The van der Waals surface area contributed by atoms with Crippen LogP contribution in [0.4, 0.5) is 11.4 Å². The van der Waals surface area contributed by atoms with Gasteiger partial charge in [0.1, 0.15) is 5.69 Å². The summed E-state index contributed by atoms with van der Waals surface area (Å²) in [5.41, 5.74) is 9.61. The second-order valence-electron chi connectivity index (χ2n) is 5.72. The van der Waals surface area contributed by atoms with Crippen LogP contribution in [0, 0.1) is 6.92 Å². The zero-order chi connectivity index (χ0) is 19.1. The smallest absolute Gasteiger partial charge is 0.189 e. The summed E-state index contributed by atoms with van der Waals surface area (Å²) < 4.78 is 1.01. The highest BCUT2D eigenvalue weighted by Crippen LogP contribution is 2.15. The Hall–Kier alpha value is -2.77. The van der Waals surface area contributed by atoms with Crippen molar-refractivity contribution in [3.8, 4) is 0 Å². The molecule has 0 atom stereocenters. The second-order valence-corrected chi connectivity index (χ2v) is 7.05. The molecular formula is C20H18BrN5S. The third-order valence-corrected chi connectivity index (χ3v) is 4.31. The lowest BCUT2D eigenvalue weighted by Gasteiger charge is -2.14. The zero-order valence-electron chi connectivity index (χ0n) is 14.6. The van der Waals surface area contributed by atoms with E-state index in [0.717, 1.165) is 15.8 Å². The maximum absolute atomic E-state index is 5.35. The minimum atomic E-state index is 0.421. The fraction of sp³-hybridized carbons (Fsp3) is 0.0500. The van der Waals surface area contributed by atoms with Crippen LogP contribution >= 0.6 is 28.1 Å². The fourth-order valence-electron chi connectivity index (χ4n) is 2.21. The van der Waals surface area contributed by atoms with Crippen LogP contribution in [0.3, 0.4) is 0 Å². The zero-order valence-corrected chi connectivity index (χ0v) is 17.0. The highest BCUT2D eigenvalue weighted by molar-refractivity contribution is 9.10. The van der Waals surface area contributed by atoms with Crippen LogP contribution in [-0.4, -0.2) is 15.9 Å². The molecule has 0 aliphatic carbocycles. The maximum atomic E-state index is 5.35. The molecule has 0 aliphatic rings. The molecule has 3 N–H and O–H groups in total. The number of halogens is 1. The van der Waals surface area contributed by atoms with E-state index in [1.807, 2.05) is 73.7 Å². The summed E-state index contributed by atoms with van der Waals surface area (Å²) in [6.07, 6.45) is 1.72. The van der Waals surface area contributed by atoms with Gasteiger partial charge in [-0.05, 0) is 67.7 Å². The van der Waals surface area contributed by atoms with Crippen molar-refractivity contribution in [2.75, 3.05) is 5.32 Å². The van der Waals surface area contributed by atoms with Crippen LogP contribution in [0.1, 0.15) is 11.3 Å². The molecule has 0 bridgehead atoms. The molecule has 0 fully saturated rings. The molecule has 3 rings (SSSR count). The normalized spacial score (nSPS) is 11.0. The van der Waals surface area contributed by atoms with Gasteiger partial charge in [-0.3, -0.25) is 15.8 Å². The number of nitrogens with one attached hydrogen (secondary N) is 3. The molecule has 0 amide bonds. The minimum absolute atomic E-state index is 0.421. The van der Waals surface area contributed by atoms with Crippen molar-refractivity contribution in [2.24, 2.45) is 4.99 Å². The Balaban J connectivity index is 1.72. The predicted molar refractivity (Wildman–Crippen MR) is 118 cm³/mol. The van der Waals surface area contributed by atoms with E-state index in [4.69, 9.17) is 12.2 Å². The second kappa shape index (κ2) is 9.25. The number of hydrazine groups is 1. The van der Waals surface area contributed by atoms with Crippen molar-refractivity contribution in [1.82, 2.24) is 15.8 Å². The van der Waals surface area contributed by atoms with E-state index in [1.165, 1.54) is 5.56 Å². The first-order valence-corrected chi connectivity index (χ1v) is 9.45. The molecule has 136 valence electrons. The van der Waals surface area contributed by atoms with Crippen molar-refractivity contribution in [1.29, 1.82) is 0 Å². The van der Waals surface area contributed by atoms with Gasteiger partial charge in [-0.1, -0.05) is 39.7 Å². The molecule has 3 aromatic rings. The quantitative estimate of drug-likeness (QED) is 0.238. The van der Waals surface area contributed by atoms with Crippen molar-refractivity contribution >= 4 is 50.5 Å². The summed E-state index contributed by atoms with van der Waals surface area (Å²) in [6, 6.07) is 21.3. The average Bonchev–Trinajstić information content (AvgIpc) is 2.69. The highest BCUT2D eigenvalue weighted by Gasteiger charge is 2.06. The van der Waals surface area contributed by atoms with Gasteiger partial charge in [-0.15, -0.1) is 0 Å². The summed E-state index contributed by atoms with van der Waals surface area (Å²) in [5, 5.41) is 3.53. The van der Waals surface area contributed by atoms with E-state index in [-0.39, 0.29) is 0 Å². The number of aliphatic imine (C=N–C) groups is 1. The van der Waals surface area contributed by atoms with Crippen molar-refractivity contribution in [2.45, 2.75) is 6.92 Å². The lowest BCUT2D eigenvalue weighted by atomic mass is 10.2. The van der Waals surface area contributed by atoms with Crippen LogP contribution in [0.15, 0.2) is 82.4 Å². The predicted octanol–water partition coefficient (Wildman–Crippen LogP) is 4.72. The molecular weight excluding hydrogens is 422 g/mol. The lowest BCUT2D eigenvalue weighted by molar-refractivity contribution is 0.869. The molecule has 0 saturated carbocycles. The van der Waals surface area contributed by atoms with Crippen LogP contribution in [0.25, 0.3) is 0 Å². The number of aromatic nitrogens is 1. The van der Waals surface area contributed by atoms with Gasteiger partial charge in [0.2, 0.25) is 0 Å². The summed E-state index contributed by atoms with van der Waals surface area (Å²) in [7, 11) is 0.